The average Bonchev–Trinajstić information content (AvgIpc) is 2.65. The van der Waals surface area contributed by atoms with Gasteiger partial charge in [-0.05, 0) is 61.1 Å². The highest BCUT2D eigenvalue weighted by molar-refractivity contribution is 7.84. The molecule has 0 fully saturated rings. The molecule has 0 radical (unpaired) electrons. The van der Waals surface area contributed by atoms with Gasteiger partial charge < -0.3 is 4.90 Å². The standard InChI is InChI=1S/C21H25NO2S/c1-3-14-22(19-11-8-16-6-4-5-7-18(16)15-19)21(23)17-9-12-20(13-10-17)25(2)24/h4-7,9-10,12-13,19H,3,8,11,14-15H2,1-2H3/t19-,25-/m0/s1. The van der Waals surface area contributed by atoms with Gasteiger partial charge in [-0.15, -0.1) is 0 Å². The van der Waals surface area contributed by atoms with E-state index in [9.17, 15) is 9.00 Å². The lowest BCUT2D eigenvalue weighted by Gasteiger charge is -2.35. The molecule has 0 saturated carbocycles. The molecule has 2 aromatic carbocycles. The first-order valence-electron chi connectivity index (χ1n) is 8.91. The zero-order chi connectivity index (χ0) is 17.8. The van der Waals surface area contributed by atoms with Gasteiger partial charge in [0, 0.05) is 40.1 Å². The minimum Gasteiger partial charge on any atom is -0.335 e. The van der Waals surface area contributed by atoms with Crippen LogP contribution in [0, 0.1) is 0 Å². The van der Waals surface area contributed by atoms with Gasteiger partial charge in [0.15, 0.2) is 0 Å². The number of hydrogen-bond acceptors (Lipinski definition) is 2. The largest absolute Gasteiger partial charge is 0.335 e. The predicted octanol–water partition coefficient (Wildman–Crippen LogP) is 3.83. The van der Waals surface area contributed by atoms with Crippen LogP contribution >= 0.6 is 0 Å². The number of rotatable bonds is 5. The van der Waals surface area contributed by atoms with Gasteiger partial charge in [-0.1, -0.05) is 31.2 Å². The lowest BCUT2D eigenvalue weighted by molar-refractivity contribution is 0.0661. The third-order valence-corrected chi connectivity index (χ3v) is 5.86. The molecule has 25 heavy (non-hydrogen) atoms. The normalized spacial score (nSPS) is 17.6. The van der Waals surface area contributed by atoms with E-state index in [2.05, 4.69) is 31.2 Å². The van der Waals surface area contributed by atoms with Crippen LogP contribution in [0.4, 0.5) is 0 Å². The highest BCUT2D eigenvalue weighted by atomic mass is 32.2. The number of carbonyl (C=O) groups excluding carboxylic acids is 1. The number of carbonyl (C=O) groups is 1. The molecule has 4 heteroatoms. The Bertz CT molecular complexity index is 770. The molecule has 0 N–H and O–H groups in total. The summed E-state index contributed by atoms with van der Waals surface area (Å²) in [4.78, 5) is 15.9. The molecule has 132 valence electrons. The molecule has 0 aliphatic heterocycles. The van der Waals surface area contributed by atoms with Crippen molar-refractivity contribution in [3.05, 3.63) is 65.2 Å². The molecule has 1 aliphatic carbocycles. The number of hydrogen-bond donors (Lipinski definition) is 0. The minimum atomic E-state index is -1.02. The van der Waals surface area contributed by atoms with Gasteiger partial charge in [0.2, 0.25) is 0 Å². The summed E-state index contributed by atoms with van der Waals surface area (Å²) in [6, 6.07) is 16.0. The van der Waals surface area contributed by atoms with E-state index in [0.717, 1.165) is 37.1 Å². The quantitative estimate of drug-likeness (QED) is 0.817. The van der Waals surface area contributed by atoms with Crippen molar-refractivity contribution in [3.8, 4) is 0 Å². The molecule has 0 saturated heterocycles. The molecule has 2 atom stereocenters. The Labute approximate surface area is 152 Å². The van der Waals surface area contributed by atoms with Crippen molar-refractivity contribution in [2.45, 2.75) is 43.5 Å². The van der Waals surface area contributed by atoms with Crippen LogP contribution in [-0.2, 0) is 23.6 Å². The number of amides is 1. The van der Waals surface area contributed by atoms with E-state index in [0.29, 0.717) is 5.56 Å². The predicted molar refractivity (Wildman–Crippen MR) is 102 cm³/mol. The molecule has 0 aromatic heterocycles. The summed E-state index contributed by atoms with van der Waals surface area (Å²) in [5.41, 5.74) is 3.46. The number of fused-ring (bicyclic) bond motifs is 1. The van der Waals surface area contributed by atoms with Crippen LogP contribution in [0.5, 0.6) is 0 Å². The maximum absolute atomic E-state index is 13.1. The summed E-state index contributed by atoms with van der Waals surface area (Å²) >= 11 is 0. The van der Waals surface area contributed by atoms with Gasteiger partial charge in [-0.3, -0.25) is 9.00 Å². The number of nitrogens with zero attached hydrogens (tertiary/aromatic N) is 1. The molecule has 3 rings (SSSR count). The third-order valence-electron chi connectivity index (χ3n) is 4.92. The van der Waals surface area contributed by atoms with Gasteiger partial charge >= 0.3 is 0 Å². The van der Waals surface area contributed by atoms with Crippen LogP contribution in [0.1, 0.15) is 41.3 Å². The van der Waals surface area contributed by atoms with Crippen LogP contribution in [0.2, 0.25) is 0 Å². The first-order chi connectivity index (χ1) is 12.1. The molecule has 0 unspecified atom stereocenters. The zero-order valence-electron chi connectivity index (χ0n) is 14.9. The van der Waals surface area contributed by atoms with E-state index in [1.165, 1.54) is 11.1 Å². The van der Waals surface area contributed by atoms with E-state index in [1.54, 1.807) is 30.5 Å². The van der Waals surface area contributed by atoms with Crippen LogP contribution in [0.3, 0.4) is 0 Å². The zero-order valence-corrected chi connectivity index (χ0v) is 15.7. The summed E-state index contributed by atoms with van der Waals surface area (Å²) in [6.07, 6.45) is 5.57. The molecular weight excluding hydrogens is 330 g/mol. The summed E-state index contributed by atoms with van der Waals surface area (Å²) < 4.78 is 11.5. The van der Waals surface area contributed by atoms with Gasteiger partial charge in [0.25, 0.3) is 5.91 Å². The van der Waals surface area contributed by atoms with Crippen molar-refractivity contribution < 1.29 is 9.00 Å². The van der Waals surface area contributed by atoms with Crippen LogP contribution in [0.25, 0.3) is 0 Å². The van der Waals surface area contributed by atoms with E-state index in [1.807, 2.05) is 4.90 Å². The summed E-state index contributed by atoms with van der Waals surface area (Å²) in [7, 11) is -1.02. The summed E-state index contributed by atoms with van der Waals surface area (Å²) in [5.74, 6) is 0.0830. The second kappa shape index (κ2) is 7.96. The van der Waals surface area contributed by atoms with Crippen molar-refractivity contribution >= 4 is 16.7 Å². The first-order valence-corrected chi connectivity index (χ1v) is 10.5. The van der Waals surface area contributed by atoms with Crippen molar-refractivity contribution in [3.63, 3.8) is 0 Å². The van der Waals surface area contributed by atoms with E-state index in [4.69, 9.17) is 0 Å². The smallest absolute Gasteiger partial charge is 0.254 e. The highest BCUT2D eigenvalue weighted by Crippen LogP contribution is 2.26. The van der Waals surface area contributed by atoms with E-state index in [-0.39, 0.29) is 11.9 Å². The summed E-state index contributed by atoms with van der Waals surface area (Å²) in [5, 5.41) is 0. The molecule has 1 amide bonds. The average molecular weight is 356 g/mol. The van der Waals surface area contributed by atoms with Gasteiger partial charge in [0.05, 0.1) is 0 Å². The Morgan fingerprint density at radius 1 is 1.12 bits per heavy atom. The molecule has 2 aromatic rings. The second-order valence-electron chi connectivity index (χ2n) is 6.64. The van der Waals surface area contributed by atoms with E-state index >= 15 is 0 Å². The van der Waals surface area contributed by atoms with Gasteiger partial charge in [-0.25, -0.2) is 0 Å². The van der Waals surface area contributed by atoms with Gasteiger partial charge in [-0.2, -0.15) is 0 Å². The second-order valence-corrected chi connectivity index (χ2v) is 8.02. The maximum Gasteiger partial charge on any atom is 0.254 e. The topological polar surface area (TPSA) is 37.4 Å². The Hall–Kier alpha value is -1.94. The van der Waals surface area contributed by atoms with Crippen LogP contribution in [-0.4, -0.2) is 33.9 Å². The lowest BCUT2D eigenvalue weighted by atomic mass is 9.87. The Morgan fingerprint density at radius 3 is 2.44 bits per heavy atom. The number of aryl methyl sites for hydroxylation is 1. The molecule has 1 aliphatic rings. The fraction of sp³-hybridized carbons (Fsp3) is 0.381. The fourth-order valence-electron chi connectivity index (χ4n) is 3.59. The molecule has 0 spiro atoms. The van der Waals surface area contributed by atoms with Crippen molar-refractivity contribution in [1.82, 2.24) is 4.90 Å². The van der Waals surface area contributed by atoms with Gasteiger partial charge in [0.1, 0.15) is 0 Å². The Balaban J connectivity index is 1.81. The van der Waals surface area contributed by atoms with Crippen molar-refractivity contribution in [2.24, 2.45) is 0 Å². The fourth-order valence-corrected chi connectivity index (χ4v) is 4.11. The first kappa shape index (κ1) is 17.9. The lowest BCUT2D eigenvalue weighted by Crippen LogP contribution is -2.43. The monoisotopic (exact) mass is 355 g/mol. The van der Waals surface area contributed by atoms with Crippen molar-refractivity contribution in [1.29, 1.82) is 0 Å². The number of benzene rings is 2. The highest BCUT2D eigenvalue weighted by Gasteiger charge is 2.27. The van der Waals surface area contributed by atoms with E-state index < -0.39 is 10.8 Å². The van der Waals surface area contributed by atoms with Crippen LogP contribution in [0.15, 0.2) is 53.4 Å². The minimum absolute atomic E-state index is 0.0830. The third kappa shape index (κ3) is 4.01. The van der Waals surface area contributed by atoms with Crippen LogP contribution < -0.4 is 0 Å². The molecular formula is C21H25NO2S. The molecule has 0 heterocycles. The Morgan fingerprint density at radius 2 is 1.80 bits per heavy atom. The maximum atomic E-state index is 13.1. The summed E-state index contributed by atoms with van der Waals surface area (Å²) in [6.45, 7) is 2.88. The van der Waals surface area contributed by atoms with Crippen molar-refractivity contribution in [2.75, 3.05) is 12.8 Å². The SMILES string of the molecule is CCCN(C(=O)c1ccc([S@](C)=O)cc1)[C@H]1CCc2ccccc2C1. The molecule has 0 bridgehead atoms. The molecule has 3 nitrogen and oxygen atoms in total. The Kier molecular flexibility index (Phi) is 5.69.